The van der Waals surface area contributed by atoms with Crippen LogP contribution in [0.1, 0.15) is 60.3 Å². The average molecular weight is 240 g/mol. The maximum Gasteiger partial charge on any atom is 0.0221 e. The van der Waals surface area contributed by atoms with Crippen molar-refractivity contribution < 1.29 is 0 Å². The second-order valence-corrected chi connectivity index (χ2v) is 6.12. The highest BCUT2D eigenvalue weighted by Gasteiger charge is 2.29. The average Bonchev–Trinajstić information content (AvgIpc) is 2.78. The number of rotatable bonds is 7. The molecule has 0 heterocycles. The zero-order valence-electron chi connectivity index (χ0n) is 12.5. The summed E-state index contributed by atoms with van der Waals surface area (Å²) in [4.78, 5) is 2.77. The van der Waals surface area contributed by atoms with Crippen molar-refractivity contribution in [2.24, 2.45) is 5.92 Å². The minimum absolute atomic E-state index is 0.597. The van der Waals surface area contributed by atoms with Gasteiger partial charge in [0.2, 0.25) is 0 Å². The fraction of sp³-hybridized carbons (Fsp3) is 1.00. The van der Waals surface area contributed by atoms with Crippen LogP contribution in [0.3, 0.4) is 0 Å². The maximum absolute atomic E-state index is 3.58. The fourth-order valence-electron chi connectivity index (χ4n) is 3.09. The van der Waals surface area contributed by atoms with Gasteiger partial charge in [-0.3, -0.25) is 4.90 Å². The lowest BCUT2D eigenvalue weighted by Crippen LogP contribution is -2.51. The Morgan fingerprint density at radius 2 is 1.71 bits per heavy atom. The highest BCUT2D eigenvalue weighted by Crippen LogP contribution is 2.26. The van der Waals surface area contributed by atoms with Crippen molar-refractivity contribution in [3.05, 3.63) is 0 Å². The first kappa shape index (κ1) is 15.0. The van der Waals surface area contributed by atoms with Crippen LogP contribution in [0, 0.1) is 5.92 Å². The minimum Gasteiger partial charge on any atom is -0.313 e. The van der Waals surface area contributed by atoms with Crippen LogP contribution >= 0.6 is 0 Å². The normalized spacial score (nSPS) is 21.4. The third-order valence-corrected chi connectivity index (χ3v) is 4.14. The molecule has 0 amide bonds. The molecular formula is C15H32N2. The summed E-state index contributed by atoms with van der Waals surface area (Å²) in [5, 5.41) is 3.58. The standard InChI is InChI=1S/C15H32N2/c1-6-16-13(4)14(5)17(11-12(2)3)15-9-7-8-10-15/h12-16H,6-11H2,1-5H3. The van der Waals surface area contributed by atoms with Gasteiger partial charge in [-0.25, -0.2) is 0 Å². The molecular weight excluding hydrogens is 208 g/mol. The molecule has 102 valence electrons. The van der Waals surface area contributed by atoms with Crippen LogP contribution < -0.4 is 5.32 Å². The van der Waals surface area contributed by atoms with Crippen molar-refractivity contribution in [2.45, 2.75) is 78.4 Å². The van der Waals surface area contributed by atoms with E-state index in [1.807, 2.05) is 0 Å². The Hall–Kier alpha value is -0.0800. The van der Waals surface area contributed by atoms with Crippen LogP contribution in [-0.2, 0) is 0 Å². The summed E-state index contributed by atoms with van der Waals surface area (Å²) in [7, 11) is 0. The van der Waals surface area contributed by atoms with Gasteiger partial charge in [0, 0.05) is 24.7 Å². The van der Waals surface area contributed by atoms with Crippen LogP contribution in [0.25, 0.3) is 0 Å². The Kier molecular flexibility index (Phi) is 6.50. The molecule has 1 rings (SSSR count). The Bertz CT molecular complexity index is 197. The van der Waals surface area contributed by atoms with Gasteiger partial charge in [-0.15, -0.1) is 0 Å². The van der Waals surface area contributed by atoms with E-state index in [1.54, 1.807) is 0 Å². The van der Waals surface area contributed by atoms with Crippen LogP contribution in [0.5, 0.6) is 0 Å². The number of nitrogens with zero attached hydrogens (tertiary/aromatic N) is 1. The van der Waals surface area contributed by atoms with Gasteiger partial charge in [-0.05, 0) is 39.2 Å². The van der Waals surface area contributed by atoms with E-state index < -0.39 is 0 Å². The first-order chi connectivity index (χ1) is 8.06. The van der Waals surface area contributed by atoms with Gasteiger partial charge in [-0.2, -0.15) is 0 Å². The maximum atomic E-state index is 3.58. The topological polar surface area (TPSA) is 15.3 Å². The Labute approximate surface area is 108 Å². The fourth-order valence-corrected chi connectivity index (χ4v) is 3.09. The number of hydrogen-bond donors (Lipinski definition) is 1. The van der Waals surface area contributed by atoms with Crippen LogP contribution in [0.2, 0.25) is 0 Å². The highest BCUT2D eigenvalue weighted by molar-refractivity contribution is 4.86. The smallest absolute Gasteiger partial charge is 0.0221 e. The molecule has 0 bridgehead atoms. The van der Waals surface area contributed by atoms with Gasteiger partial charge in [-0.1, -0.05) is 33.6 Å². The zero-order chi connectivity index (χ0) is 12.8. The predicted octanol–water partition coefficient (Wildman–Crippen LogP) is 3.27. The van der Waals surface area contributed by atoms with Crippen molar-refractivity contribution in [1.29, 1.82) is 0 Å². The summed E-state index contributed by atoms with van der Waals surface area (Å²) < 4.78 is 0. The quantitative estimate of drug-likeness (QED) is 0.735. The van der Waals surface area contributed by atoms with Gasteiger partial charge in [0.15, 0.2) is 0 Å². The minimum atomic E-state index is 0.597. The van der Waals surface area contributed by atoms with Crippen LogP contribution in [0.4, 0.5) is 0 Å². The Balaban J connectivity index is 2.60. The number of nitrogens with one attached hydrogen (secondary N) is 1. The summed E-state index contributed by atoms with van der Waals surface area (Å²) >= 11 is 0. The predicted molar refractivity (Wildman–Crippen MR) is 76.4 cm³/mol. The lowest BCUT2D eigenvalue weighted by molar-refractivity contribution is 0.106. The van der Waals surface area contributed by atoms with Crippen molar-refractivity contribution >= 4 is 0 Å². The molecule has 0 aromatic carbocycles. The Morgan fingerprint density at radius 3 is 2.18 bits per heavy atom. The molecule has 1 fully saturated rings. The zero-order valence-corrected chi connectivity index (χ0v) is 12.5. The van der Waals surface area contributed by atoms with E-state index in [2.05, 4.69) is 44.8 Å². The van der Waals surface area contributed by atoms with Crippen LogP contribution in [-0.4, -0.2) is 36.1 Å². The van der Waals surface area contributed by atoms with Crippen molar-refractivity contribution in [2.75, 3.05) is 13.1 Å². The molecule has 2 atom stereocenters. The van der Waals surface area contributed by atoms with E-state index in [4.69, 9.17) is 0 Å². The van der Waals surface area contributed by atoms with Gasteiger partial charge < -0.3 is 5.32 Å². The van der Waals surface area contributed by atoms with Gasteiger partial charge in [0.25, 0.3) is 0 Å². The molecule has 1 aliphatic carbocycles. The third kappa shape index (κ3) is 4.59. The van der Waals surface area contributed by atoms with E-state index in [1.165, 1.54) is 32.2 Å². The molecule has 0 radical (unpaired) electrons. The molecule has 2 unspecified atom stereocenters. The molecule has 0 aromatic heterocycles. The summed E-state index contributed by atoms with van der Waals surface area (Å²) in [6, 6.07) is 2.09. The highest BCUT2D eigenvalue weighted by atomic mass is 15.2. The monoisotopic (exact) mass is 240 g/mol. The van der Waals surface area contributed by atoms with Crippen molar-refractivity contribution in [3.63, 3.8) is 0 Å². The molecule has 17 heavy (non-hydrogen) atoms. The molecule has 1 saturated carbocycles. The summed E-state index contributed by atoms with van der Waals surface area (Å²) in [6.07, 6.45) is 5.69. The van der Waals surface area contributed by atoms with E-state index >= 15 is 0 Å². The first-order valence-electron chi connectivity index (χ1n) is 7.55. The first-order valence-corrected chi connectivity index (χ1v) is 7.55. The number of likely N-dealkylation sites (N-methyl/N-ethyl adjacent to an activating group) is 1. The SMILES string of the molecule is CCNC(C)C(C)N(CC(C)C)C1CCCC1. The van der Waals surface area contributed by atoms with Crippen molar-refractivity contribution in [1.82, 2.24) is 10.2 Å². The van der Waals surface area contributed by atoms with E-state index in [-0.39, 0.29) is 0 Å². The lowest BCUT2D eigenvalue weighted by atomic mass is 10.0. The van der Waals surface area contributed by atoms with Gasteiger partial charge in [0.1, 0.15) is 0 Å². The molecule has 0 spiro atoms. The van der Waals surface area contributed by atoms with Gasteiger partial charge in [0.05, 0.1) is 0 Å². The van der Waals surface area contributed by atoms with E-state index in [9.17, 15) is 0 Å². The Morgan fingerprint density at radius 1 is 1.12 bits per heavy atom. The molecule has 0 aliphatic heterocycles. The second kappa shape index (κ2) is 7.38. The molecule has 0 saturated heterocycles. The molecule has 2 nitrogen and oxygen atoms in total. The van der Waals surface area contributed by atoms with Crippen LogP contribution in [0.15, 0.2) is 0 Å². The second-order valence-electron chi connectivity index (χ2n) is 6.12. The summed E-state index contributed by atoms with van der Waals surface area (Å²) in [5.74, 6) is 0.770. The lowest BCUT2D eigenvalue weighted by Gasteiger charge is -2.39. The molecule has 0 aromatic rings. The third-order valence-electron chi connectivity index (χ3n) is 4.14. The largest absolute Gasteiger partial charge is 0.313 e. The van der Waals surface area contributed by atoms with E-state index in [0.717, 1.165) is 18.5 Å². The summed E-state index contributed by atoms with van der Waals surface area (Å²) in [6.45, 7) is 13.9. The molecule has 2 heteroatoms. The van der Waals surface area contributed by atoms with Gasteiger partial charge >= 0.3 is 0 Å². The summed E-state index contributed by atoms with van der Waals surface area (Å²) in [5.41, 5.74) is 0. The van der Waals surface area contributed by atoms with Crippen molar-refractivity contribution in [3.8, 4) is 0 Å². The number of hydrogen-bond acceptors (Lipinski definition) is 2. The van der Waals surface area contributed by atoms with E-state index in [0.29, 0.717) is 12.1 Å². The molecule has 1 aliphatic rings. The molecule has 1 N–H and O–H groups in total.